The highest BCUT2D eigenvalue weighted by atomic mass is 35.5. The van der Waals surface area contributed by atoms with E-state index >= 15 is 0 Å². The Labute approximate surface area is 88.9 Å². The highest BCUT2D eigenvalue weighted by molar-refractivity contribution is 7.98. The summed E-state index contributed by atoms with van der Waals surface area (Å²) in [5, 5.41) is 1.01. The van der Waals surface area contributed by atoms with Gasteiger partial charge < -0.3 is 10.3 Å². The van der Waals surface area contributed by atoms with Crippen LogP contribution in [0.5, 0.6) is 0 Å². The number of aromatic nitrogens is 2. The first kappa shape index (κ1) is 14.6. The molecule has 3 nitrogen and oxygen atoms in total. The second-order valence-electron chi connectivity index (χ2n) is 2.00. The van der Waals surface area contributed by atoms with Crippen molar-refractivity contribution in [1.82, 2.24) is 9.55 Å². The van der Waals surface area contributed by atoms with Crippen molar-refractivity contribution in [1.29, 1.82) is 0 Å². The lowest BCUT2D eigenvalue weighted by Gasteiger charge is -1.99. The van der Waals surface area contributed by atoms with Crippen molar-refractivity contribution in [3.8, 4) is 0 Å². The molecule has 2 N–H and O–H groups in total. The normalized spacial score (nSPS) is 8.58. The van der Waals surface area contributed by atoms with Crippen molar-refractivity contribution >= 4 is 36.6 Å². The second-order valence-corrected chi connectivity index (χ2v) is 2.77. The van der Waals surface area contributed by atoms with Crippen molar-refractivity contribution in [3.63, 3.8) is 0 Å². The van der Waals surface area contributed by atoms with Gasteiger partial charge in [0.05, 0.1) is 11.9 Å². The Morgan fingerprint density at radius 2 is 2.17 bits per heavy atom. The van der Waals surface area contributed by atoms with Crippen LogP contribution in [0, 0.1) is 0 Å². The summed E-state index contributed by atoms with van der Waals surface area (Å²) < 4.78 is 2.00. The lowest BCUT2D eigenvalue weighted by Crippen LogP contribution is -2.03. The summed E-state index contributed by atoms with van der Waals surface area (Å²) in [6.45, 7) is 0.560. The molecule has 12 heavy (non-hydrogen) atoms. The van der Waals surface area contributed by atoms with Crippen molar-refractivity contribution in [3.05, 3.63) is 11.9 Å². The molecule has 0 radical (unpaired) electrons. The number of halogens is 2. The predicted octanol–water partition coefficient (Wildman–Crippen LogP) is 1.44. The molecule has 0 saturated heterocycles. The molecule has 0 bridgehead atoms. The fourth-order valence-electron chi connectivity index (χ4n) is 0.805. The first-order chi connectivity index (χ1) is 4.79. The molecule has 0 amide bonds. The molecular weight excluding hydrogens is 217 g/mol. The largest absolute Gasteiger partial charge is 0.325 e. The summed E-state index contributed by atoms with van der Waals surface area (Å²) >= 11 is 1.63. The summed E-state index contributed by atoms with van der Waals surface area (Å²) in [6, 6.07) is 0. The Morgan fingerprint density at radius 1 is 1.58 bits per heavy atom. The van der Waals surface area contributed by atoms with Crippen LogP contribution in [-0.4, -0.2) is 15.8 Å². The first-order valence-corrected chi connectivity index (χ1v) is 4.26. The highest BCUT2D eigenvalue weighted by Crippen LogP contribution is 2.12. The van der Waals surface area contributed by atoms with Crippen molar-refractivity contribution < 1.29 is 0 Å². The Balaban J connectivity index is 0. The van der Waals surface area contributed by atoms with Gasteiger partial charge in [-0.15, -0.1) is 24.8 Å². The van der Waals surface area contributed by atoms with Crippen LogP contribution in [0.3, 0.4) is 0 Å². The van der Waals surface area contributed by atoms with Gasteiger partial charge in [0.15, 0.2) is 5.16 Å². The molecule has 1 aromatic rings. The molecule has 0 atom stereocenters. The van der Waals surface area contributed by atoms with E-state index in [-0.39, 0.29) is 24.8 Å². The zero-order chi connectivity index (χ0) is 7.56. The van der Waals surface area contributed by atoms with Gasteiger partial charge in [-0.3, -0.25) is 0 Å². The van der Waals surface area contributed by atoms with Crippen LogP contribution >= 0.6 is 36.6 Å². The van der Waals surface area contributed by atoms with Gasteiger partial charge in [0.1, 0.15) is 0 Å². The van der Waals surface area contributed by atoms with Gasteiger partial charge in [-0.25, -0.2) is 4.98 Å². The van der Waals surface area contributed by atoms with E-state index in [0.717, 1.165) is 10.9 Å². The molecule has 0 aliphatic carbocycles. The molecular formula is C6H13Cl2N3S. The monoisotopic (exact) mass is 229 g/mol. The number of rotatable bonds is 2. The fraction of sp³-hybridized carbons (Fsp3) is 0.500. The summed E-state index contributed by atoms with van der Waals surface area (Å²) in [5.41, 5.74) is 6.52. The predicted molar refractivity (Wildman–Crippen MR) is 57.4 cm³/mol. The van der Waals surface area contributed by atoms with Crippen LogP contribution in [-0.2, 0) is 13.6 Å². The molecule has 0 unspecified atom stereocenters. The van der Waals surface area contributed by atoms with Gasteiger partial charge >= 0.3 is 0 Å². The number of nitrogens with zero attached hydrogens (tertiary/aromatic N) is 2. The van der Waals surface area contributed by atoms with Crippen LogP contribution in [0.25, 0.3) is 0 Å². The van der Waals surface area contributed by atoms with E-state index in [9.17, 15) is 0 Å². The highest BCUT2D eigenvalue weighted by Gasteiger charge is 2.01. The van der Waals surface area contributed by atoms with Gasteiger partial charge in [0.2, 0.25) is 0 Å². The lowest BCUT2D eigenvalue weighted by molar-refractivity contribution is 0.739. The quantitative estimate of drug-likeness (QED) is 0.782. The smallest absolute Gasteiger partial charge is 0.167 e. The maximum atomic E-state index is 5.45. The van der Waals surface area contributed by atoms with Crippen molar-refractivity contribution in [2.45, 2.75) is 11.7 Å². The van der Waals surface area contributed by atoms with Crippen molar-refractivity contribution in [2.24, 2.45) is 12.8 Å². The fourth-order valence-corrected chi connectivity index (χ4v) is 1.35. The standard InChI is InChI=1S/C6H11N3S.2ClH/c1-9-5(3-7)4-8-6(9)10-2;;/h4H,3,7H2,1-2H3;2*1H. The second kappa shape index (κ2) is 6.60. The van der Waals surface area contributed by atoms with Crippen LogP contribution < -0.4 is 5.73 Å². The first-order valence-electron chi connectivity index (χ1n) is 3.04. The molecule has 0 aromatic carbocycles. The molecule has 0 fully saturated rings. The molecule has 72 valence electrons. The number of imidazole rings is 1. The van der Waals surface area contributed by atoms with E-state index in [4.69, 9.17) is 5.73 Å². The van der Waals surface area contributed by atoms with E-state index in [1.165, 1.54) is 0 Å². The minimum Gasteiger partial charge on any atom is -0.325 e. The van der Waals surface area contributed by atoms with E-state index in [2.05, 4.69) is 4.98 Å². The molecule has 1 aromatic heterocycles. The lowest BCUT2D eigenvalue weighted by atomic mass is 10.5. The summed E-state index contributed by atoms with van der Waals surface area (Å²) in [4.78, 5) is 4.15. The van der Waals surface area contributed by atoms with E-state index in [1.54, 1.807) is 11.8 Å². The van der Waals surface area contributed by atoms with Crippen LogP contribution in [0.2, 0.25) is 0 Å². The molecule has 1 heterocycles. The van der Waals surface area contributed by atoms with Gasteiger partial charge in [-0.2, -0.15) is 0 Å². The average molecular weight is 230 g/mol. The van der Waals surface area contributed by atoms with E-state index in [0.29, 0.717) is 6.54 Å². The van der Waals surface area contributed by atoms with Crippen molar-refractivity contribution in [2.75, 3.05) is 6.26 Å². The third kappa shape index (κ3) is 2.86. The number of thioether (sulfide) groups is 1. The topological polar surface area (TPSA) is 43.8 Å². The molecule has 0 aliphatic heterocycles. The number of hydrogen-bond donors (Lipinski definition) is 1. The molecule has 0 aliphatic rings. The van der Waals surface area contributed by atoms with Crippen LogP contribution in [0.4, 0.5) is 0 Å². The van der Waals surface area contributed by atoms with Gasteiger partial charge in [-0.05, 0) is 6.26 Å². The maximum absolute atomic E-state index is 5.45. The minimum absolute atomic E-state index is 0. The number of hydrogen-bond acceptors (Lipinski definition) is 3. The zero-order valence-corrected chi connectivity index (χ0v) is 9.43. The average Bonchev–Trinajstić information content (AvgIpc) is 2.30. The molecule has 0 saturated carbocycles. The van der Waals surface area contributed by atoms with Gasteiger partial charge in [0, 0.05) is 13.6 Å². The maximum Gasteiger partial charge on any atom is 0.167 e. The summed E-state index contributed by atoms with van der Waals surface area (Å²) in [6.07, 6.45) is 3.81. The Hall–Kier alpha value is 0.1000. The van der Waals surface area contributed by atoms with E-state index < -0.39 is 0 Å². The third-order valence-corrected chi connectivity index (χ3v) is 2.18. The zero-order valence-electron chi connectivity index (χ0n) is 6.98. The Morgan fingerprint density at radius 3 is 2.42 bits per heavy atom. The van der Waals surface area contributed by atoms with Crippen LogP contribution in [0.15, 0.2) is 11.4 Å². The summed E-state index contributed by atoms with van der Waals surface area (Å²) in [7, 11) is 1.97. The van der Waals surface area contributed by atoms with Crippen LogP contribution in [0.1, 0.15) is 5.69 Å². The third-order valence-electron chi connectivity index (χ3n) is 1.43. The summed E-state index contributed by atoms with van der Waals surface area (Å²) in [5.74, 6) is 0. The van der Waals surface area contributed by atoms with E-state index in [1.807, 2.05) is 24.1 Å². The van der Waals surface area contributed by atoms with Gasteiger partial charge in [0.25, 0.3) is 0 Å². The SMILES string of the molecule is CSc1ncc(CN)n1C.Cl.Cl. The van der Waals surface area contributed by atoms with Gasteiger partial charge in [-0.1, -0.05) is 11.8 Å². The molecule has 6 heteroatoms. The number of nitrogens with two attached hydrogens (primary N) is 1. The molecule has 1 rings (SSSR count). The molecule has 0 spiro atoms. The Bertz CT molecular complexity index is 205. The minimum atomic E-state index is 0. The Kier molecular flexibility index (Phi) is 8.04.